The molecule has 2 N–H and O–H groups in total. The fourth-order valence-corrected chi connectivity index (χ4v) is 5.55. The van der Waals surface area contributed by atoms with E-state index in [1.807, 2.05) is 48.8 Å². The Bertz CT molecular complexity index is 1290. The number of halogens is 2. The molecule has 0 bridgehead atoms. The second-order valence-electron chi connectivity index (χ2n) is 8.86. The summed E-state index contributed by atoms with van der Waals surface area (Å²) in [6.07, 6.45) is 5.93. The maximum Gasteiger partial charge on any atom is 0.0720 e. The van der Waals surface area contributed by atoms with E-state index in [2.05, 4.69) is 22.8 Å². The first-order valence-electron chi connectivity index (χ1n) is 11.6. The second-order valence-corrected chi connectivity index (χ2v) is 9.62. The van der Waals surface area contributed by atoms with E-state index in [0.717, 1.165) is 72.7 Å². The van der Waals surface area contributed by atoms with Crippen LogP contribution >= 0.6 is 23.2 Å². The first kappa shape index (κ1) is 21.8. The van der Waals surface area contributed by atoms with Gasteiger partial charge in [0.05, 0.1) is 21.4 Å². The number of rotatable bonds is 3. The lowest BCUT2D eigenvalue weighted by Gasteiger charge is -2.19. The molecule has 0 unspecified atom stereocenters. The maximum atomic E-state index is 6.99. The summed E-state index contributed by atoms with van der Waals surface area (Å²) < 4.78 is 0. The molecule has 0 saturated carbocycles. The summed E-state index contributed by atoms with van der Waals surface area (Å²) in [6, 6.07) is 16.5. The average molecular weight is 487 g/mol. The average Bonchev–Trinajstić information content (AvgIpc) is 2.89. The van der Waals surface area contributed by atoms with E-state index in [0.29, 0.717) is 10.0 Å². The predicted molar refractivity (Wildman–Crippen MR) is 139 cm³/mol. The van der Waals surface area contributed by atoms with Crippen LogP contribution in [-0.4, -0.2) is 23.1 Å². The number of nitrogens with one attached hydrogen (secondary N) is 2. The molecular formula is C28H24Cl2N4. The van der Waals surface area contributed by atoms with Gasteiger partial charge in [-0.25, -0.2) is 0 Å². The van der Waals surface area contributed by atoms with Crippen LogP contribution in [0.3, 0.4) is 0 Å². The van der Waals surface area contributed by atoms with Crippen LogP contribution < -0.4 is 10.6 Å². The van der Waals surface area contributed by atoms with Crippen LogP contribution in [0.2, 0.25) is 10.0 Å². The van der Waals surface area contributed by atoms with Gasteiger partial charge in [-0.1, -0.05) is 59.6 Å². The molecule has 0 aliphatic carbocycles. The summed E-state index contributed by atoms with van der Waals surface area (Å²) in [4.78, 5) is 9.43. The molecule has 0 spiro atoms. The number of pyridine rings is 2. The summed E-state index contributed by atoms with van der Waals surface area (Å²) in [6.45, 7) is 3.71. The van der Waals surface area contributed by atoms with Gasteiger partial charge in [0.1, 0.15) is 0 Å². The zero-order valence-corrected chi connectivity index (χ0v) is 20.2. The van der Waals surface area contributed by atoms with Crippen molar-refractivity contribution in [2.75, 3.05) is 13.1 Å². The van der Waals surface area contributed by atoms with Crippen molar-refractivity contribution in [2.24, 2.45) is 0 Å². The SMILES string of the molecule is Clc1c(-c2cc3c(cn2)CNCC3)cccc1-c1cccc(-c2cc3c(cn2)CNCC3)c1Cl. The van der Waals surface area contributed by atoms with Gasteiger partial charge in [-0.15, -0.1) is 0 Å². The molecule has 4 heterocycles. The molecule has 4 aromatic rings. The lowest BCUT2D eigenvalue weighted by molar-refractivity contribution is 0.641. The number of benzene rings is 2. The van der Waals surface area contributed by atoms with Crippen LogP contribution in [0, 0.1) is 0 Å². The largest absolute Gasteiger partial charge is 0.312 e. The van der Waals surface area contributed by atoms with Gasteiger partial charge in [-0.2, -0.15) is 0 Å². The van der Waals surface area contributed by atoms with E-state index in [9.17, 15) is 0 Å². The standard InChI is InChI=1S/C28H24Cl2N4/c29-27-21(3-1-5-23(27)25-11-17-7-9-31-13-19(17)15-33-25)22-4-2-6-24(28(22)30)26-12-18-8-10-32-14-20(18)16-34-26/h1-6,11-12,15-16,31-32H,7-10,13-14H2. The van der Waals surface area contributed by atoms with Crippen molar-refractivity contribution < 1.29 is 0 Å². The molecule has 0 amide bonds. The summed E-state index contributed by atoms with van der Waals surface area (Å²) in [5.74, 6) is 0. The Balaban J connectivity index is 1.42. The molecule has 2 aromatic carbocycles. The van der Waals surface area contributed by atoms with Crippen LogP contribution in [0.5, 0.6) is 0 Å². The van der Waals surface area contributed by atoms with E-state index in [1.165, 1.54) is 22.3 Å². The summed E-state index contributed by atoms with van der Waals surface area (Å²) >= 11 is 14.0. The first-order chi connectivity index (χ1) is 16.7. The Labute approximate surface area is 209 Å². The molecule has 6 rings (SSSR count). The van der Waals surface area contributed by atoms with Crippen molar-refractivity contribution in [1.82, 2.24) is 20.6 Å². The third kappa shape index (κ3) is 3.91. The van der Waals surface area contributed by atoms with Gasteiger partial charge < -0.3 is 10.6 Å². The molecule has 2 aliphatic rings. The van der Waals surface area contributed by atoms with Gasteiger partial charge in [0, 0.05) is 47.7 Å². The van der Waals surface area contributed by atoms with Crippen molar-refractivity contribution in [3.63, 3.8) is 0 Å². The van der Waals surface area contributed by atoms with Gasteiger partial charge in [-0.3, -0.25) is 9.97 Å². The lowest BCUT2D eigenvalue weighted by Crippen LogP contribution is -2.23. The van der Waals surface area contributed by atoms with Crippen LogP contribution in [0.25, 0.3) is 33.6 Å². The van der Waals surface area contributed by atoms with Crippen LogP contribution in [0.15, 0.2) is 60.9 Å². The fraction of sp³-hybridized carbons (Fsp3) is 0.214. The van der Waals surface area contributed by atoms with Gasteiger partial charge in [0.25, 0.3) is 0 Å². The van der Waals surface area contributed by atoms with Crippen LogP contribution in [-0.2, 0) is 25.9 Å². The Morgan fingerprint density at radius 3 is 1.50 bits per heavy atom. The second kappa shape index (κ2) is 9.12. The summed E-state index contributed by atoms with van der Waals surface area (Å²) in [5, 5.41) is 8.11. The van der Waals surface area contributed by atoms with Gasteiger partial charge in [-0.05, 0) is 60.3 Å². The minimum Gasteiger partial charge on any atom is -0.312 e. The zero-order chi connectivity index (χ0) is 23.1. The summed E-state index contributed by atoms with van der Waals surface area (Å²) in [7, 11) is 0. The normalized spacial score (nSPS) is 15.0. The van der Waals surface area contributed by atoms with Gasteiger partial charge in [0.15, 0.2) is 0 Å². The van der Waals surface area contributed by atoms with E-state index in [1.54, 1.807) is 0 Å². The maximum absolute atomic E-state index is 6.99. The molecule has 6 heteroatoms. The smallest absolute Gasteiger partial charge is 0.0720 e. The quantitative estimate of drug-likeness (QED) is 0.368. The summed E-state index contributed by atoms with van der Waals surface area (Å²) in [5.41, 5.74) is 10.6. The van der Waals surface area contributed by atoms with E-state index >= 15 is 0 Å². The molecule has 34 heavy (non-hydrogen) atoms. The van der Waals surface area contributed by atoms with Crippen molar-refractivity contribution in [1.29, 1.82) is 0 Å². The highest BCUT2D eigenvalue weighted by molar-refractivity contribution is 6.39. The minimum absolute atomic E-state index is 0.660. The molecule has 4 nitrogen and oxygen atoms in total. The molecular weight excluding hydrogens is 463 g/mol. The topological polar surface area (TPSA) is 49.8 Å². The Hall–Kier alpha value is -2.76. The van der Waals surface area contributed by atoms with Crippen LogP contribution in [0.1, 0.15) is 22.3 Å². The lowest BCUT2D eigenvalue weighted by atomic mass is 9.95. The molecule has 2 aromatic heterocycles. The highest BCUT2D eigenvalue weighted by atomic mass is 35.5. The molecule has 0 radical (unpaired) electrons. The fourth-order valence-electron chi connectivity index (χ4n) is 4.90. The highest BCUT2D eigenvalue weighted by Gasteiger charge is 2.19. The Morgan fingerprint density at radius 1 is 0.588 bits per heavy atom. The Kier molecular flexibility index (Phi) is 5.84. The number of hydrogen-bond acceptors (Lipinski definition) is 4. The van der Waals surface area contributed by atoms with Crippen LogP contribution in [0.4, 0.5) is 0 Å². The third-order valence-electron chi connectivity index (χ3n) is 6.78. The number of hydrogen-bond donors (Lipinski definition) is 2. The first-order valence-corrected chi connectivity index (χ1v) is 12.4. The molecule has 0 atom stereocenters. The molecule has 170 valence electrons. The molecule has 0 fully saturated rings. The monoisotopic (exact) mass is 486 g/mol. The highest BCUT2D eigenvalue weighted by Crippen LogP contribution is 2.42. The third-order valence-corrected chi connectivity index (χ3v) is 7.59. The molecule has 0 saturated heterocycles. The zero-order valence-electron chi connectivity index (χ0n) is 18.7. The number of fused-ring (bicyclic) bond motifs is 2. The van der Waals surface area contributed by atoms with Crippen molar-refractivity contribution >= 4 is 23.2 Å². The molecule has 2 aliphatic heterocycles. The Morgan fingerprint density at radius 2 is 1.03 bits per heavy atom. The predicted octanol–water partition coefficient (Wildman–Crippen LogP) is 6.08. The minimum atomic E-state index is 0.660. The van der Waals surface area contributed by atoms with Crippen molar-refractivity contribution in [2.45, 2.75) is 25.9 Å². The number of nitrogens with zero attached hydrogens (tertiary/aromatic N) is 2. The van der Waals surface area contributed by atoms with Gasteiger partial charge >= 0.3 is 0 Å². The van der Waals surface area contributed by atoms with E-state index in [-0.39, 0.29) is 0 Å². The van der Waals surface area contributed by atoms with Crippen molar-refractivity contribution in [3.8, 4) is 33.6 Å². The number of aromatic nitrogens is 2. The van der Waals surface area contributed by atoms with Crippen molar-refractivity contribution in [3.05, 3.63) is 93.2 Å². The van der Waals surface area contributed by atoms with E-state index in [4.69, 9.17) is 33.2 Å². The van der Waals surface area contributed by atoms with Gasteiger partial charge in [0.2, 0.25) is 0 Å². The van der Waals surface area contributed by atoms with E-state index < -0.39 is 0 Å².